The summed E-state index contributed by atoms with van der Waals surface area (Å²) in [6, 6.07) is 12.1. The number of non-ortho nitro benzene ring substituents is 1. The fraction of sp³-hybridized carbons (Fsp3) is 0.400. The van der Waals surface area contributed by atoms with Crippen molar-refractivity contribution in [3.05, 3.63) is 69.3 Å². The molecule has 28 heavy (non-hydrogen) atoms. The molecule has 0 bridgehead atoms. The number of nitro benzene ring substituents is 1. The maximum absolute atomic E-state index is 13.0. The van der Waals surface area contributed by atoms with E-state index in [1.165, 1.54) is 17.7 Å². The number of sulfonamides is 1. The van der Waals surface area contributed by atoms with Crippen molar-refractivity contribution in [3.8, 4) is 0 Å². The maximum Gasteiger partial charge on any atom is 0.269 e. The summed E-state index contributed by atoms with van der Waals surface area (Å²) in [5.41, 5.74) is 3.50. The Labute approximate surface area is 164 Å². The van der Waals surface area contributed by atoms with Crippen molar-refractivity contribution in [2.45, 2.75) is 30.7 Å². The lowest BCUT2D eigenvalue weighted by atomic mass is 10.1. The summed E-state index contributed by atoms with van der Waals surface area (Å²) >= 11 is 0. The number of hydrogen-bond acceptors (Lipinski definition) is 5. The first-order chi connectivity index (χ1) is 13.4. The van der Waals surface area contributed by atoms with E-state index < -0.39 is 14.9 Å². The Balaban J connectivity index is 1.38. The molecule has 0 radical (unpaired) electrons. The van der Waals surface area contributed by atoms with Gasteiger partial charge in [-0.3, -0.25) is 15.0 Å². The zero-order valence-corrected chi connectivity index (χ0v) is 16.4. The van der Waals surface area contributed by atoms with Gasteiger partial charge in [-0.05, 0) is 48.1 Å². The van der Waals surface area contributed by atoms with Gasteiger partial charge in [0, 0.05) is 44.9 Å². The van der Waals surface area contributed by atoms with Crippen molar-refractivity contribution in [2.75, 3.05) is 26.2 Å². The van der Waals surface area contributed by atoms with Gasteiger partial charge in [0.2, 0.25) is 10.0 Å². The zero-order chi connectivity index (χ0) is 19.7. The van der Waals surface area contributed by atoms with Gasteiger partial charge in [-0.25, -0.2) is 8.42 Å². The lowest BCUT2D eigenvalue weighted by Crippen LogP contribution is -2.48. The molecule has 0 saturated carbocycles. The molecule has 2 aromatic rings. The monoisotopic (exact) mass is 401 g/mol. The van der Waals surface area contributed by atoms with Crippen LogP contribution in [0.4, 0.5) is 5.69 Å². The molecule has 148 valence electrons. The fourth-order valence-electron chi connectivity index (χ4n) is 3.97. The highest BCUT2D eigenvalue weighted by Gasteiger charge is 2.29. The Kier molecular flexibility index (Phi) is 5.18. The topological polar surface area (TPSA) is 83.8 Å². The summed E-state index contributed by atoms with van der Waals surface area (Å²) < 4.78 is 27.6. The Morgan fingerprint density at radius 2 is 1.61 bits per heavy atom. The second-order valence-electron chi connectivity index (χ2n) is 7.39. The minimum absolute atomic E-state index is 0.0778. The van der Waals surface area contributed by atoms with E-state index in [0.29, 0.717) is 37.6 Å². The first kappa shape index (κ1) is 19.0. The number of aryl methyl sites for hydroxylation is 2. The van der Waals surface area contributed by atoms with Crippen LogP contribution in [0.25, 0.3) is 0 Å². The van der Waals surface area contributed by atoms with Crippen LogP contribution in [0, 0.1) is 10.1 Å². The predicted molar refractivity (Wildman–Crippen MR) is 106 cm³/mol. The Bertz CT molecular complexity index is 981. The minimum Gasteiger partial charge on any atom is -0.296 e. The number of nitrogens with zero attached hydrogens (tertiary/aromatic N) is 3. The summed E-state index contributed by atoms with van der Waals surface area (Å²) in [6.45, 7) is 2.84. The molecule has 0 unspecified atom stereocenters. The molecule has 4 rings (SSSR count). The lowest BCUT2D eigenvalue weighted by Gasteiger charge is -2.34. The predicted octanol–water partition coefficient (Wildman–Crippen LogP) is 2.59. The van der Waals surface area contributed by atoms with E-state index in [2.05, 4.69) is 4.90 Å². The van der Waals surface area contributed by atoms with Crippen molar-refractivity contribution in [2.24, 2.45) is 0 Å². The van der Waals surface area contributed by atoms with Gasteiger partial charge in [-0.15, -0.1) is 0 Å². The smallest absolute Gasteiger partial charge is 0.269 e. The number of rotatable bonds is 5. The molecular weight excluding hydrogens is 378 g/mol. The standard InChI is InChI=1S/C20H23N3O4S/c24-23(25)19-7-4-16(5-8-19)15-21-10-12-22(13-11-21)28(26,27)20-9-6-17-2-1-3-18(17)14-20/h4-9,14H,1-3,10-13,15H2. The molecule has 1 heterocycles. The van der Waals surface area contributed by atoms with Crippen molar-refractivity contribution in [1.29, 1.82) is 0 Å². The van der Waals surface area contributed by atoms with Gasteiger partial charge in [-0.1, -0.05) is 18.2 Å². The van der Waals surface area contributed by atoms with Crippen molar-refractivity contribution in [3.63, 3.8) is 0 Å². The first-order valence-corrected chi connectivity index (χ1v) is 11.0. The second kappa shape index (κ2) is 7.62. The first-order valence-electron chi connectivity index (χ1n) is 9.51. The quantitative estimate of drug-likeness (QED) is 0.568. The minimum atomic E-state index is -3.46. The molecule has 8 heteroatoms. The third-order valence-corrected chi connectivity index (χ3v) is 7.49. The summed E-state index contributed by atoms with van der Waals surface area (Å²) in [5, 5.41) is 10.7. The van der Waals surface area contributed by atoms with Crippen LogP contribution < -0.4 is 0 Å². The molecule has 0 spiro atoms. The molecule has 1 aliphatic heterocycles. The summed E-state index contributed by atoms with van der Waals surface area (Å²) in [5.74, 6) is 0. The van der Waals surface area contributed by atoms with Crippen LogP contribution in [0.5, 0.6) is 0 Å². The van der Waals surface area contributed by atoms with E-state index in [-0.39, 0.29) is 5.69 Å². The molecule has 1 aliphatic carbocycles. The van der Waals surface area contributed by atoms with E-state index in [4.69, 9.17) is 0 Å². The number of fused-ring (bicyclic) bond motifs is 1. The average molecular weight is 401 g/mol. The number of benzene rings is 2. The zero-order valence-electron chi connectivity index (χ0n) is 15.6. The normalized spacial score (nSPS) is 18.1. The third kappa shape index (κ3) is 3.80. The highest BCUT2D eigenvalue weighted by Crippen LogP contribution is 2.27. The van der Waals surface area contributed by atoms with Crippen LogP contribution in [0.3, 0.4) is 0 Å². The van der Waals surface area contributed by atoms with E-state index in [0.717, 1.165) is 30.4 Å². The van der Waals surface area contributed by atoms with Gasteiger partial charge in [0.25, 0.3) is 5.69 Å². The van der Waals surface area contributed by atoms with Crippen LogP contribution in [-0.4, -0.2) is 48.7 Å². The van der Waals surface area contributed by atoms with E-state index >= 15 is 0 Å². The van der Waals surface area contributed by atoms with Crippen LogP contribution in [0.2, 0.25) is 0 Å². The molecule has 1 saturated heterocycles. The van der Waals surface area contributed by atoms with Crippen LogP contribution in [0.15, 0.2) is 47.4 Å². The Hall–Kier alpha value is -2.29. The van der Waals surface area contributed by atoms with Gasteiger partial charge in [0.1, 0.15) is 0 Å². The van der Waals surface area contributed by atoms with Gasteiger partial charge in [-0.2, -0.15) is 4.31 Å². The SMILES string of the molecule is O=[N+]([O-])c1ccc(CN2CCN(S(=O)(=O)c3ccc4c(c3)CCC4)CC2)cc1. The Morgan fingerprint density at radius 1 is 0.929 bits per heavy atom. The van der Waals surface area contributed by atoms with Gasteiger partial charge in [0.15, 0.2) is 0 Å². The molecule has 0 aromatic heterocycles. The third-order valence-electron chi connectivity index (χ3n) is 5.59. The maximum atomic E-state index is 13.0. The highest BCUT2D eigenvalue weighted by molar-refractivity contribution is 7.89. The van der Waals surface area contributed by atoms with Gasteiger partial charge < -0.3 is 0 Å². The lowest BCUT2D eigenvalue weighted by molar-refractivity contribution is -0.384. The molecule has 1 fully saturated rings. The van der Waals surface area contributed by atoms with Crippen molar-refractivity contribution >= 4 is 15.7 Å². The molecule has 0 N–H and O–H groups in total. The molecule has 0 amide bonds. The molecule has 0 atom stereocenters. The number of nitro groups is 1. The Morgan fingerprint density at radius 3 is 2.29 bits per heavy atom. The van der Waals surface area contributed by atoms with E-state index in [1.54, 1.807) is 22.5 Å². The molecule has 2 aliphatic rings. The number of hydrogen-bond donors (Lipinski definition) is 0. The summed E-state index contributed by atoms with van der Waals surface area (Å²) in [7, 11) is -3.46. The molecule has 2 aromatic carbocycles. The van der Waals surface area contributed by atoms with Gasteiger partial charge in [0.05, 0.1) is 9.82 Å². The summed E-state index contributed by atoms with van der Waals surface area (Å²) in [6.07, 6.45) is 3.10. The van der Waals surface area contributed by atoms with Gasteiger partial charge >= 0.3 is 0 Å². The largest absolute Gasteiger partial charge is 0.296 e. The molecule has 7 nitrogen and oxygen atoms in total. The molecular formula is C20H23N3O4S. The average Bonchev–Trinajstić information content (AvgIpc) is 3.17. The van der Waals surface area contributed by atoms with Crippen LogP contribution >= 0.6 is 0 Å². The van der Waals surface area contributed by atoms with E-state index in [1.807, 2.05) is 12.1 Å². The van der Waals surface area contributed by atoms with Crippen molar-refractivity contribution in [1.82, 2.24) is 9.21 Å². The van der Waals surface area contributed by atoms with Crippen molar-refractivity contribution < 1.29 is 13.3 Å². The number of piperazine rings is 1. The van der Waals surface area contributed by atoms with Crippen LogP contribution in [-0.2, 0) is 29.4 Å². The highest BCUT2D eigenvalue weighted by atomic mass is 32.2. The fourth-order valence-corrected chi connectivity index (χ4v) is 5.44. The summed E-state index contributed by atoms with van der Waals surface area (Å²) in [4.78, 5) is 12.9. The van der Waals surface area contributed by atoms with E-state index in [9.17, 15) is 18.5 Å². The van der Waals surface area contributed by atoms with Crippen LogP contribution in [0.1, 0.15) is 23.1 Å². The second-order valence-corrected chi connectivity index (χ2v) is 9.33.